The van der Waals surface area contributed by atoms with Crippen molar-refractivity contribution in [3.63, 3.8) is 0 Å². The van der Waals surface area contributed by atoms with Gasteiger partial charge >= 0.3 is 0 Å². The van der Waals surface area contributed by atoms with E-state index >= 15 is 0 Å². The van der Waals surface area contributed by atoms with E-state index in [0.717, 1.165) is 29.7 Å². The Morgan fingerprint density at radius 1 is 1.32 bits per heavy atom. The predicted octanol–water partition coefficient (Wildman–Crippen LogP) is 2.98. The van der Waals surface area contributed by atoms with E-state index in [1.54, 1.807) is 0 Å². The Bertz CT molecular complexity index is 546. The van der Waals surface area contributed by atoms with Gasteiger partial charge in [-0.2, -0.15) is 0 Å². The van der Waals surface area contributed by atoms with Crippen LogP contribution >= 0.6 is 15.9 Å². The summed E-state index contributed by atoms with van der Waals surface area (Å²) in [7, 11) is 0. The molecule has 100 valence electrons. The highest BCUT2D eigenvalue weighted by molar-refractivity contribution is 9.08. The van der Waals surface area contributed by atoms with Crippen LogP contribution in [0.15, 0.2) is 30.5 Å². The van der Waals surface area contributed by atoms with Gasteiger partial charge in [-0.1, -0.05) is 45.8 Å². The molecule has 1 N–H and O–H groups in total. The number of rotatable bonds is 3. The van der Waals surface area contributed by atoms with Gasteiger partial charge in [-0.25, -0.2) is 4.68 Å². The predicted molar refractivity (Wildman–Crippen MR) is 78.6 cm³/mol. The lowest BCUT2D eigenvalue weighted by Gasteiger charge is -2.20. The van der Waals surface area contributed by atoms with Crippen LogP contribution in [0, 0.1) is 0 Å². The molecule has 4 nitrogen and oxygen atoms in total. The fourth-order valence-electron chi connectivity index (χ4n) is 2.51. The summed E-state index contributed by atoms with van der Waals surface area (Å²) >= 11 is 3.52. The number of hydrogen-bond acceptors (Lipinski definition) is 3. The number of piperidine rings is 1. The lowest BCUT2D eigenvalue weighted by molar-refractivity contribution is 0.405. The number of aromatic nitrogens is 3. The van der Waals surface area contributed by atoms with Crippen LogP contribution in [-0.2, 0) is 5.33 Å². The zero-order valence-corrected chi connectivity index (χ0v) is 12.3. The lowest BCUT2D eigenvalue weighted by atomic mass is 10.0. The number of alkyl halides is 1. The van der Waals surface area contributed by atoms with Crippen molar-refractivity contribution < 1.29 is 0 Å². The molecule has 1 fully saturated rings. The van der Waals surface area contributed by atoms with Gasteiger partial charge in [0.25, 0.3) is 0 Å². The van der Waals surface area contributed by atoms with Gasteiger partial charge in [-0.05, 0) is 31.0 Å². The molecule has 1 aliphatic heterocycles. The quantitative estimate of drug-likeness (QED) is 0.884. The van der Waals surface area contributed by atoms with Crippen molar-refractivity contribution >= 4 is 15.9 Å². The maximum atomic E-state index is 4.33. The molecule has 0 radical (unpaired) electrons. The van der Waals surface area contributed by atoms with E-state index in [1.807, 2.05) is 23.0 Å². The smallest absolute Gasteiger partial charge is 0.100 e. The van der Waals surface area contributed by atoms with Gasteiger partial charge in [0, 0.05) is 5.33 Å². The number of nitrogens with zero attached hydrogens (tertiary/aromatic N) is 3. The van der Waals surface area contributed by atoms with E-state index in [2.05, 4.69) is 43.7 Å². The molecule has 0 saturated carbocycles. The van der Waals surface area contributed by atoms with Gasteiger partial charge in [-0.3, -0.25) is 0 Å². The summed E-state index contributed by atoms with van der Waals surface area (Å²) in [5.74, 6) is 0. The molecule has 1 atom stereocenters. The van der Waals surface area contributed by atoms with Gasteiger partial charge in [0.15, 0.2) is 0 Å². The standard InChI is InChI=1S/C14H17BrN4/c15-9-11-5-1-2-7-14(11)19-10-13(17-18-19)12-6-3-4-8-16-12/h1-2,5,7,10,12,16H,3-4,6,8-9H2. The van der Waals surface area contributed by atoms with E-state index in [9.17, 15) is 0 Å². The van der Waals surface area contributed by atoms with Gasteiger partial charge in [0.05, 0.1) is 17.9 Å². The molecule has 0 aliphatic carbocycles. The molecule has 0 amide bonds. The van der Waals surface area contributed by atoms with Crippen molar-refractivity contribution in [3.8, 4) is 5.69 Å². The molecule has 0 bridgehead atoms. The number of para-hydroxylation sites is 1. The fourth-order valence-corrected chi connectivity index (χ4v) is 2.98. The van der Waals surface area contributed by atoms with Crippen molar-refractivity contribution in [1.82, 2.24) is 20.3 Å². The summed E-state index contributed by atoms with van der Waals surface area (Å²) in [6.07, 6.45) is 5.73. The average molecular weight is 321 g/mol. The Kier molecular flexibility index (Phi) is 3.94. The van der Waals surface area contributed by atoms with Gasteiger partial charge in [-0.15, -0.1) is 5.10 Å². The maximum Gasteiger partial charge on any atom is 0.100 e. The third kappa shape index (κ3) is 2.72. The highest BCUT2D eigenvalue weighted by atomic mass is 79.9. The van der Waals surface area contributed by atoms with Crippen LogP contribution < -0.4 is 5.32 Å². The lowest BCUT2D eigenvalue weighted by Crippen LogP contribution is -2.27. The molecule has 0 spiro atoms. The van der Waals surface area contributed by atoms with Gasteiger partial charge < -0.3 is 5.32 Å². The first-order valence-corrected chi connectivity index (χ1v) is 7.80. The molecule has 1 aromatic heterocycles. The number of nitrogens with one attached hydrogen (secondary N) is 1. The third-order valence-corrected chi connectivity index (χ3v) is 4.16. The Labute approximate surface area is 121 Å². The first-order chi connectivity index (χ1) is 9.38. The Morgan fingerprint density at radius 2 is 2.21 bits per heavy atom. The topological polar surface area (TPSA) is 42.7 Å². The number of halogens is 1. The SMILES string of the molecule is BrCc1ccccc1-n1cc(C2CCCCN2)nn1. The summed E-state index contributed by atoms with van der Waals surface area (Å²) in [4.78, 5) is 0. The second-order valence-corrected chi connectivity index (χ2v) is 5.41. The monoisotopic (exact) mass is 320 g/mol. The molecule has 1 aromatic carbocycles. The summed E-state index contributed by atoms with van der Waals surface area (Å²) in [6.45, 7) is 1.08. The Morgan fingerprint density at radius 3 is 3.00 bits per heavy atom. The Hall–Kier alpha value is -1.20. The van der Waals surface area contributed by atoms with Crippen LogP contribution in [0.5, 0.6) is 0 Å². The molecule has 2 aromatic rings. The van der Waals surface area contributed by atoms with Crippen molar-refractivity contribution in [3.05, 3.63) is 41.7 Å². The second kappa shape index (κ2) is 5.84. The normalized spacial score (nSPS) is 19.5. The average Bonchev–Trinajstić information content (AvgIpc) is 2.98. The van der Waals surface area contributed by atoms with Crippen molar-refractivity contribution in [1.29, 1.82) is 0 Å². The third-order valence-electron chi connectivity index (χ3n) is 3.56. The largest absolute Gasteiger partial charge is 0.309 e. The van der Waals surface area contributed by atoms with Crippen molar-refractivity contribution in [2.24, 2.45) is 0 Å². The minimum absolute atomic E-state index is 0.360. The highest BCUT2D eigenvalue weighted by Crippen LogP contribution is 2.22. The van der Waals surface area contributed by atoms with E-state index in [1.165, 1.54) is 18.4 Å². The van der Waals surface area contributed by atoms with E-state index in [-0.39, 0.29) is 0 Å². The van der Waals surface area contributed by atoms with Gasteiger partial charge in [0.1, 0.15) is 5.69 Å². The van der Waals surface area contributed by atoms with Crippen molar-refractivity contribution in [2.45, 2.75) is 30.6 Å². The minimum atomic E-state index is 0.360. The highest BCUT2D eigenvalue weighted by Gasteiger charge is 2.18. The first kappa shape index (κ1) is 12.8. The molecule has 2 heterocycles. The molecule has 5 heteroatoms. The molecular formula is C14H17BrN4. The zero-order valence-electron chi connectivity index (χ0n) is 10.7. The van der Waals surface area contributed by atoms with Crippen molar-refractivity contribution in [2.75, 3.05) is 6.54 Å². The summed E-state index contributed by atoms with van der Waals surface area (Å²) in [5, 5.41) is 12.9. The second-order valence-electron chi connectivity index (χ2n) is 4.85. The Balaban J connectivity index is 1.88. The molecule has 1 aliphatic rings. The van der Waals surface area contributed by atoms with E-state index in [0.29, 0.717) is 6.04 Å². The van der Waals surface area contributed by atoms with Crippen LogP contribution in [0.4, 0.5) is 0 Å². The summed E-state index contributed by atoms with van der Waals surface area (Å²) in [5.41, 5.74) is 3.36. The van der Waals surface area contributed by atoms with Crippen LogP contribution in [0.2, 0.25) is 0 Å². The fraction of sp³-hybridized carbons (Fsp3) is 0.429. The molecule has 1 unspecified atom stereocenters. The minimum Gasteiger partial charge on any atom is -0.309 e. The zero-order chi connectivity index (χ0) is 13.1. The van der Waals surface area contributed by atoms with E-state index in [4.69, 9.17) is 0 Å². The summed E-state index contributed by atoms with van der Waals surface area (Å²) in [6, 6.07) is 8.61. The van der Waals surface area contributed by atoms with Crippen LogP contribution in [0.1, 0.15) is 36.6 Å². The molecule has 3 rings (SSSR count). The van der Waals surface area contributed by atoms with Crippen LogP contribution in [0.3, 0.4) is 0 Å². The van der Waals surface area contributed by atoms with Crippen LogP contribution in [-0.4, -0.2) is 21.5 Å². The number of hydrogen-bond donors (Lipinski definition) is 1. The van der Waals surface area contributed by atoms with E-state index < -0.39 is 0 Å². The van der Waals surface area contributed by atoms with Gasteiger partial charge in [0.2, 0.25) is 0 Å². The number of benzene rings is 1. The maximum absolute atomic E-state index is 4.33. The first-order valence-electron chi connectivity index (χ1n) is 6.68. The molecule has 1 saturated heterocycles. The summed E-state index contributed by atoms with van der Waals surface area (Å²) < 4.78 is 1.88. The molecule has 19 heavy (non-hydrogen) atoms. The van der Waals surface area contributed by atoms with Crippen LogP contribution in [0.25, 0.3) is 5.69 Å². The molecular weight excluding hydrogens is 304 g/mol.